The van der Waals surface area contributed by atoms with Crippen molar-refractivity contribution < 1.29 is 9.26 Å². The van der Waals surface area contributed by atoms with Gasteiger partial charge in [0.1, 0.15) is 0 Å². The Labute approximate surface area is 144 Å². The van der Waals surface area contributed by atoms with Crippen molar-refractivity contribution in [3.8, 4) is 0 Å². The summed E-state index contributed by atoms with van der Waals surface area (Å²) in [7, 11) is 3.83. The molecule has 0 atom stereocenters. The SMILES string of the molecule is CN=C(NCCCc1nc(C(C)C)no1)N(C)CCOCC1CC1. The second kappa shape index (κ2) is 9.61. The van der Waals surface area contributed by atoms with E-state index in [2.05, 4.69) is 39.2 Å². The first-order valence-electron chi connectivity index (χ1n) is 8.92. The predicted octanol–water partition coefficient (Wildman–Crippen LogP) is 2.06. The molecule has 24 heavy (non-hydrogen) atoms. The molecule has 1 aliphatic carbocycles. The molecule has 0 aliphatic heterocycles. The summed E-state index contributed by atoms with van der Waals surface area (Å²) in [5, 5.41) is 7.34. The van der Waals surface area contributed by atoms with Crippen LogP contribution in [0.5, 0.6) is 0 Å². The fourth-order valence-corrected chi connectivity index (χ4v) is 2.27. The molecule has 1 aromatic heterocycles. The second-order valence-corrected chi connectivity index (χ2v) is 6.72. The van der Waals surface area contributed by atoms with Gasteiger partial charge in [0.15, 0.2) is 11.8 Å². The summed E-state index contributed by atoms with van der Waals surface area (Å²) in [6, 6.07) is 0. The molecular formula is C17H31N5O2. The first kappa shape index (κ1) is 18.7. The van der Waals surface area contributed by atoms with Gasteiger partial charge in [-0.3, -0.25) is 4.99 Å². The third-order valence-corrected chi connectivity index (χ3v) is 4.05. The quantitative estimate of drug-likeness (QED) is 0.400. The average Bonchev–Trinajstić information content (AvgIpc) is 3.26. The topological polar surface area (TPSA) is 75.8 Å². The van der Waals surface area contributed by atoms with Crippen molar-refractivity contribution in [1.29, 1.82) is 0 Å². The molecule has 7 heteroatoms. The van der Waals surface area contributed by atoms with Crippen LogP contribution >= 0.6 is 0 Å². The van der Waals surface area contributed by atoms with E-state index in [9.17, 15) is 0 Å². The summed E-state index contributed by atoms with van der Waals surface area (Å²) in [6.45, 7) is 7.43. The van der Waals surface area contributed by atoms with Crippen molar-refractivity contribution in [1.82, 2.24) is 20.4 Å². The van der Waals surface area contributed by atoms with Crippen LogP contribution in [-0.2, 0) is 11.2 Å². The number of hydrogen-bond donors (Lipinski definition) is 1. The van der Waals surface area contributed by atoms with Crippen molar-refractivity contribution in [2.24, 2.45) is 10.9 Å². The minimum Gasteiger partial charge on any atom is -0.379 e. The van der Waals surface area contributed by atoms with Crippen LogP contribution in [0.2, 0.25) is 0 Å². The van der Waals surface area contributed by atoms with Gasteiger partial charge in [-0.15, -0.1) is 0 Å². The standard InChI is InChI=1S/C17H31N5O2/c1-13(2)16-20-15(24-21-16)6-5-9-19-17(18-3)22(4)10-11-23-12-14-7-8-14/h13-14H,5-12H2,1-4H3,(H,18,19). The number of likely N-dealkylation sites (N-methyl/N-ethyl adjacent to an activating group) is 1. The molecule has 1 N–H and O–H groups in total. The van der Waals surface area contributed by atoms with Gasteiger partial charge < -0.3 is 19.5 Å². The van der Waals surface area contributed by atoms with Crippen LogP contribution in [0.4, 0.5) is 0 Å². The normalized spacial score (nSPS) is 15.1. The summed E-state index contributed by atoms with van der Waals surface area (Å²) >= 11 is 0. The van der Waals surface area contributed by atoms with E-state index in [1.807, 2.05) is 7.05 Å². The van der Waals surface area contributed by atoms with E-state index in [4.69, 9.17) is 9.26 Å². The van der Waals surface area contributed by atoms with Gasteiger partial charge >= 0.3 is 0 Å². The smallest absolute Gasteiger partial charge is 0.226 e. The van der Waals surface area contributed by atoms with Crippen LogP contribution in [0.3, 0.4) is 0 Å². The van der Waals surface area contributed by atoms with Gasteiger partial charge in [-0.05, 0) is 25.2 Å². The lowest BCUT2D eigenvalue weighted by Gasteiger charge is -2.21. The summed E-state index contributed by atoms with van der Waals surface area (Å²) in [5.41, 5.74) is 0. The fraction of sp³-hybridized carbons (Fsp3) is 0.824. The molecule has 0 spiro atoms. The minimum atomic E-state index is 0.301. The summed E-state index contributed by atoms with van der Waals surface area (Å²) in [4.78, 5) is 10.8. The molecule has 0 unspecified atom stereocenters. The van der Waals surface area contributed by atoms with E-state index in [0.717, 1.165) is 56.8 Å². The van der Waals surface area contributed by atoms with Gasteiger partial charge in [-0.1, -0.05) is 19.0 Å². The van der Waals surface area contributed by atoms with Crippen LogP contribution in [0.1, 0.15) is 50.7 Å². The summed E-state index contributed by atoms with van der Waals surface area (Å²) in [5.74, 6) is 3.49. The lowest BCUT2D eigenvalue weighted by atomic mass is 10.2. The van der Waals surface area contributed by atoms with Gasteiger partial charge in [0.2, 0.25) is 5.89 Å². The van der Waals surface area contributed by atoms with Crippen molar-refractivity contribution in [3.05, 3.63) is 11.7 Å². The monoisotopic (exact) mass is 337 g/mol. The Hall–Kier alpha value is -1.63. The molecule has 0 saturated heterocycles. The number of aromatic nitrogens is 2. The Balaban J connectivity index is 1.59. The zero-order valence-electron chi connectivity index (χ0n) is 15.4. The Kier molecular flexibility index (Phi) is 7.49. The molecule has 0 bridgehead atoms. The molecule has 1 saturated carbocycles. The van der Waals surface area contributed by atoms with Crippen LogP contribution in [-0.4, -0.2) is 61.4 Å². The molecule has 1 aromatic rings. The Morgan fingerprint density at radius 3 is 2.88 bits per heavy atom. The highest BCUT2D eigenvalue weighted by Gasteiger charge is 2.21. The second-order valence-electron chi connectivity index (χ2n) is 6.72. The molecule has 0 aromatic carbocycles. The number of rotatable bonds is 10. The molecule has 0 radical (unpaired) electrons. The number of ether oxygens (including phenoxy) is 1. The van der Waals surface area contributed by atoms with E-state index >= 15 is 0 Å². The van der Waals surface area contributed by atoms with E-state index < -0.39 is 0 Å². The number of nitrogens with one attached hydrogen (secondary N) is 1. The Morgan fingerprint density at radius 2 is 2.25 bits per heavy atom. The molecule has 136 valence electrons. The van der Waals surface area contributed by atoms with Crippen LogP contribution in [0.15, 0.2) is 9.52 Å². The van der Waals surface area contributed by atoms with E-state index in [-0.39, 0.29) is 0 Å². The number of hydrogen-bond acceptors (Lipinski definition) is 5. The van der Waals surface area contributed by atoms with Gasteiger partial charge in [0.05, 0.1) is 6.61 Å². The molecular weight excluding hydrogens is 306 g/mol. The lowest BCUT2D eigenvalue weighted by Crippen LogP contribution is -2.41. The Bertz CT molecular complexity index is 511. The van der Waals surface area contributed by atoms with Crippen LogP contribution in [0.25, 0.3) is 0 Å². The largest absolute Gasteiger partial charge is 0.379 e. The van der Waals surface area contributed by atoms with E-state index in [1.54, 1.807) is 7.05 Å². The molecule has 1 fully saturated rings. The molecule has 1 aliphatic rings. The predicted molar refractivity (Wildman–Crippen MR) is 94.2 cm³/mol. The van der Waals surface area contributed by atoms with Gasteiger partial charge in [-0.2, -0.15) is 4.98 Å². The first-order chi connectivity index (χ1) is 11.6. The third kappa shape index (κ3) is 6.47. The van der Waals surface area contributed by atoms with Gasteiger partial charge in [-0.25, -0.2) is 0 Å². The average molecular weight is 337 g/mol. The molecule has 7 nitrogen and oxygen atoms in total. The number of aryl methyl sites for hydroxylation is 1. The fourth-order valence-electron chi connectivity index (χ4n) is 2.27. The minimum absolute atomic E-state index is 0.301. The maximum atomic E-state index is 5.68. The first-order valence-corrected chi connectivity index (χ1v) is 8.92. The number of nitrogens with zero attached hydrogens (tertiary/aromatic N) is 4. The van der Waals surface area contributed by atoms with Crippen molar-refractivity contribution in [2.75, 3.05) is 40.4 Å². The van der Waals surface area contributed by atoms with Crippen molar-refractivity contribution >= 4 is 5.96 Å². The molecule has 2 rings (SSSR count). The van der Waals surface area contributed by atoms with Crippen molar-refractivity contribution in [3.63, 3.8) is 0 Å². The number of aliphatic imine (C=N–C) groups is 1. The maximum absolute atomic E-state index is 5.68. The molecule has 0 amide bonds. The zero-order valence-corrected chi connectivity index (χ0v) is 15.4. The highest BCUT2D eigenvalue weighted by Crippen LogP contribution is 2.28. The van der Waals surface area contributed by atoms with Gasteiger partial charge in [0, 0.05) is 46.1 Å². The van der Waals surface area contributed by atoms with E-state index in [1.165, 1.54) is 12.8 Å². The zero-order chi connectivity index (χ0) is 17.4. The lowest BCUT2D eigenvalue weighted by molar-refractivity contribution is 0.115. The third-order valence-electron chi connectivity index (χ3n) is 4.05. The van der Waals surface area contributed by atoms with Crippen molar-refractivity contribution in [2.45, 2.75) is 45.4 Å². The maximum Gasteiger partial charge on any atom is 0.226 e. The summed E-state index contributed by atoms with van der Waals surface area (Å²) < 4.78 is 10.9. The highest BCUT2D eigenvalue weighted by molar-refractivity contribution is 5.79. The highest BCUT2D eigenvalue weighted by atomic mass is 16.5. The summed E-state index contributed by atoms with van der Waals surface area (Å²) in [6.07, 6.45) is 4.36. The van der Waals surface area contributed by atoms with Gasteiger partial charge in [0.25, 0.3) is 0 Å². The van der Waals surface area contributed by atoms with E-state index in [0.29, 0.717) is 11.8 Å². The number of guanidine groups is 1. The Morgan fingerprint density at radius 1 is 1.46 bits per heavy atom. The molecule has 1 heterocycles. The van der Waals surface area contributed by atoms with Crippen LogP contribution in [0, 0.1) is 5.92 Å². The van der Waals surface area contributed by atoms with Crippen LogP contribution < -0.4 is 5.32 Å².